The number of amides is 1. The van der Waals surface area contributed by atoms with Gasteiger partial charge in [0, 0.05) is 6.42 Å². The summed E-state index contributed by atoms with van der Waals surface area (Å²) in [6.07, 6.45) is 63.4. The van der Waals surface area contributed by atoms with Crippen LogP contribution in [0.4, 0.5) is 0 Å². The van der Waals surface area contributed by atoms with E-state index in [-0.39, 0.29) is 12.5 Å². The maximum absolute atomic E-state index is 12.4. The molecule has 1 amide bonds. The lowest BCUT2D eigenvalue weighted by Crippen LogP contribution is -2.45. The summed E-state index contributed by atoms with van der Waals surface area (Å²) >= 11 is 0. The summed E-state index contributed by atoms with van der Waals surface area (Å²) in [6.45, 7) is 4.31. The molecule has 0 aliphatic heterocycles. The molecule has 0 fully saturated rings. The summed E-state index contributed by atoms with van der Waals surface area (Å²) in [4.78, 5) is 12.4. The minimum atomic E-state index is -0.858. The van der Waals surface area contributed by atoms with Gasteiger partial charge in [-0.25, -0.2) is 0 Å². The van der Waals surface area contributed by atoms with Gasteiger partial charge in [-0.3, -0.25) is 4.79 Å². The monoisotopic (exact) mass is 788 g/mol. The van der Waals surface area contributed by atoms with Crippen LogP contribution >= 0.6 is 0 Å². The summed E-state index contributed by atoms with van der Waals surface area (Å²) in [6, 6.07) is -0.634. The third-order valence-electron chi connectivity index (χ3n) is 11.9. The zero-order chi connectivity index (χ0) is 40.7. The molecule has 2 atom stereocenters. The molecule has 0 radical (unpaired) electrons. The number of nitrogens with one attached hydrogen (secondary N) is 1. The highest BCUT2D eigenvalue weighted by molar-refractivity contribution is 5.76. The minimum Gasteiger partial charge on any atom is -0.394 e. The number of rotatable bonds is 47. The van der Waals surface area contributed by atoms with Crippen LogP contribution in [-0.2, 0) is 4.79 Å². The highest BCUT2D eigenvalue weighted by Gasteiger charge is 2.17. The summed E-state index contributed by atoms with van der Waals surface area (Å²) in [5.74, 6) is -0.0717. The van der Waals surface area contributed by atoms with Gasteiger partial charge in [-0.15, -0.1) is 0 Å². The third-order valence-corrected chi connectivity index (χ3v) is 11.9. The lowest BCUT2D eigenvalue weighted by Gasteiger charge is -2.19. The van der Waals surface area contributed by atoms with E-state index in [4.69, 9.17) is 0 Å². The maximum atomic E-state index is 12.4. The largest absolute Gasteiger partial charge is 0.394 e. The molecule has 2 unspecified atom stereocenters. The van der Waals surface area contributed by atoms with E-state index in [0.29, 0.717) is 6.42 Å². The molecule has 0 saturated carbocycles. The molecule has 3 N–H and O–H groups in total. The average molecular weight is 788 g/mol. The molecule has 4 nitrogen and oxygen atoms in total. The van der Waals surface area contributed by atoms with Gasteiger partial charge in [0.2, 0.25) is 5.91 Å². The molecular formula is C52H101NO3. The van der Waals surface area contributed by atoms with Crippen LogP contribution in [0.5, 0.6) is 0 Å². The second-order valence-corrected chi connectivity index (χ2v) is 17.6. The van der Waals surface area contributed by atoms with Gasteiger partial charge in [0.05, 0.1) is 18.8 Å². The van der Waals surface area contributed by atoms with Gasteiger partial charge < -0.3 is 15.5 Å². The summed E-state index contributed by atoms with van der Waals surface area (Å²) in [7, 11) is 0. The van der Waals surface area contributed by atoms with Gasteiger partial charge in [-0.2, -0.15) is 0 Å². The highest BCUT2D eigenvalue weighted by atomic mass is 16.3. The first kappa shape index (κ1) is 54.9. The summed E-state index contributed by atoms with van der Waals surface area (Å²) in [5, 5.41) is 23.0. The second kappa shape index (κ2) is 48.2. The molecule has 0 rings (SSSR count). The first-order valence-electron chi connectivity index (χ1n) is 25.6. The van der Waals surface area contributed by atoms with Gasteiger partial charge in [0.15, 0.2) is 0 Å². The molecule has 0 spiro atoms. The number of hydrogen-bond donors (Lipinski definition) is 3. The van der Waals surface area contributed by atoms with Crippen molar-refractivity contribution in [1.29, 1.82) is 0 Å². The van der Waals surface area contributed by atoms with Crippen LogP contribution in [0.1, 0.15) is 284 Å². The quantitative estimate of drug-likeness (QED) is 0.0425. The minimum absolute atomic E-state index is 0.0717. The Morgan fingerprint density at radius 1 is 0.411 bits per heavy atom. The molecule has 0 aromatic rings. The van der Waals surface area contributed by atoms with E-state index in [1.807, 2.05) is 6.08 Å². The molecule has 332 valence electrons. The van der Waals surface area contributed by atoms with Crippen molar-refractivity contribution in [1.82, 2.24) is 5.32 Å². The molecular weight excluding hydrogens is 687 g/mol. The number of unbranched alkanes of at least 4 members (excludes halogenated alkanes) is 38. The van der Waals surface area contributed by atoms with Crippen molar-refractivity contribution in [2.75, 3.05) is 6.61 Å². The zero-order valence-electron chi connectivity index (χ0n) is 38.2. The lowest BCUT2D eigenvalue weighted by molar-refractivity contribution is -0.123. The Morgan fingerprint density at radius 3 is 1.04 bits per heavy atom. The van der Waals surface area contributed by atoms with Crippen molar-refractivity contribution in [3.05, 3.63) is 24.3 Å². The first-order chi connectivity index (χ1) is 27.7. The molecule has 0 heterocycles. The fourth-order valence-corrected chi connectivity index (χ4v) is 8.02. The van der Waals surface area contributed by atoms with E-state index in [0.717, 1.165) is 32.1 Å². The maximum Gasteiger partial charge on any atom is 0.220 e. The van der Waals surface area contributed by atoms with E-state index in [1.54, 1.807) is 6.08 Å². The standard InChI is InChI=1S/C52H101NO3/c1-3-5-7-9-11-13-15-17-18-19-20-21-22-23-24-25-26-27-28-29-30-31-32-33-34-35-36-37-39-41-43-45-47-51(55)50(49-54)53-52(56)48-46-44-42-40-38-16-14-12-10-8-6-4-2/h37,39,45,47,50-51,54-55H,3-36,38,40-44,46,48-49H2,1-2H3,(H,53,56)/b39-37+,47-45+. The average Bonchev–Trinajstić information content (AvgIpc) is 3.20. The van der Waals surface area contributed by atoms with Crippen LogP contribution in [0.25, 0.3) is 0 Å². The molecule has 0 aliphatic carbocycles. The molecule has 0 aromatic carbocycles. The van der Waals surface area contributed by atoms with E-state index >= 15 is 0 Å². The van der Waals surface area contributed by atoms with Gasteiger partial charge in [0.25, 0.3) is 0 Å². The van der Waals surface area contributed by atoms with Crippen LogP contribution in [0, 0.1) is 0 Å². The Labute approximate surface area is 351 Å². The molecule has 56 heavy (non-hydrogen) atoms. The van der Waals surface area contributed by atoms with E-state index in [1.165, 1.54) is 231 Å². The fraction of sp³-hybridized carbons (Fsp3) is 0.904. The van der Waals surface area contributed by atoms with E-state index in [9.17, 15) is 15.0 Å². The predicted molar refractivity (Wildman–Crippen MR) is 249 cm³/mol. The normalized spacial score (nSPS) is 13.0. The Kier molecular flexibility index (Phi) is 47.3. The highest BCUT2D eigenvalue weighted by Crippen LogP contribution is 2.17. The van der Waals surface area contributed by atoms with Crippen molar-refractivity contribution in [2.45, 2.75) is 296 Å². The molecule has 0 saturated heterocycles. The predicted octanol–water partition coefficient (Wildman–Crippen LogP) is 16.4. The lowest BCUT2D eigenvalue weighted by atomic mass is 10.0. The van der Waals surface area contributed by atoms with Crippen LogP contribution in [-0.4, -0.2) is 34.9 Å². The SMILES string of the molecule is CCCCCCCCCCCCCCCCCCCCCCCCCCCC/C=C/CC/C=C/C(O)C(CO)NC(=O)CCCCCCCCCCCCCC. The Hall–Kier alpha value is -1.13. The van der Waals surface area contributed by atoms with Crippen molar-refractivity contribution < 1.29 is 15.0 Å². The van der Waals surface area contributed by atoms with Gasteiger partial charge in [-0.05, 0) is 32.1 Å². The topological polar surface area (TPSA) is 69.6 Å². The Morgan fingerprint density at radius 2 is 0.696 bits per heavy atom. The van der Waals surface area contributed by atoms with Crippen LogP contribution in [0.2, 0.25) is 0 Å². The summed E-state index contributed by atoms with van der Waals surface area (Å²) < 4.78 is 0. The Bertz CT molecular complexity index is 810. The van der Waals surface area contributed by atoms with Crippen LogP contribution in [0.15, 0.2) is 24.3 Å². The number of hydrogen-bond acceptors (Lipinski definition) is 3. The van der Waals surface area contributed by atoms with Crippen LogP contribution < -0.4 is 5.32 Å². The third kappa shape index (κ3) is 44.0. The summed E-state index contributed by atoms with van der Waals surface area (Å²) in [5.41, 5.74) is 0. The molecule has 0 aliphatic rings. The first-order valence-corrected chi connectivity index (χ1v) is 25.6. The van der Waals surface area contributed by atoms with Crippen LogP contribution in [0.3, 0.4) is 0 Å². The number of carbonyl (C=O) groups is 1. The molecule has 0 aromatic heterocycles. The second-order valence-electron chi connectivity index (χ2n) is 17.6. The zero-order valence-corrected chi connectivity index (χ0v) is 38.2. The fourth-order valence-electron chi connectivity index (χ4n) is 8.02. The molecule has 0 bridgehead atoms. The molecule has 4 heteroatoms. The Balaban J connectivity index is 3.46. The smallest absolute Gasteiger partial charge is 0.220 e. The number of aliphatic hydroxyl groups excluding tert-OH is 2. The van der Waals surface area contributed by atoms with Crippen molar-refractivity contribution in [3.63, 3.8) is 0 Å². The number of carbonyl (C=O) groups excluding carboxylic acids is 1. The van der Waals surface area contributed by atoms with Gasteiger partial charge in [-0.1, -0.05) is 269 Å². The van der Waals surface area contributed by atoms with E-state index in [2.05, 4.69) is 31.3 Å². The van der Waals surface area contributed by atoms with E-state index < -0.39 is 12.1 Å². The van der Waals surface area contributed by atoms with Crippen molar-refractivity contribution in [2.24, 2.45) is 0 Å². The van der Waals surface area contributed by atoms with Crippen molar-refractivity contribution in [3.8, 4) is 0 Å². The number of allylic oxidation sites excluding steroid dienone is 3. The van der Waals surface area contributed by atoms with Gasteiger partial charge >= 0.3 is 0 Å². The van der Waals surface area contributed by atoms with Gasteiger partial charge in [0.1, 0.15) is 0 Å². The number of aliphatic hydroxyl groups is 2. The van der Waals surface area contributed by atoms with Crippen molar-refractivity contribution >= 4 is 5.91 Å².